The summed E-state index contributed by atoms with van der Waals surface area (Å²) in [5.74, 6) is 1.98. The molecule has 1 saturated heterocycles. The standard InChI is InChI=1S/C20H33NOS/c1-16(15-23(5)22)18-8-6-17(7-9-18)14-21-12-10-19(11-13-21)20(2,3)4/h6-9,16,19H,10-15H2,1-5H3/t16-,23?/m0/s1. The lowest BCUT2D eigenvalue weighted by molar-refractivity contribution is 0.108. The number of hydrogen-bond acceptors (Lipinski definition) is 2. The molecular formula is C20H33NOS. The zero-order valence-electron chi connectivity index (χ0n) is 15.5. The normalized spacial score (nSPS) is 20.4. The molecule has 1 aromatic rings. The van der Waals surface area contributed by atoms with Gasteiger partial charge in [-0.05, 0) is 54.3 Å². The lowest BCUT2D eigenvalue weighted by atomic mass is 9.75. The van der Waals surface area contributed by atoms with Gasteiger partial charge in [-0.15, -0.1) is 0 Å². The third kappa shape index (κ3) is 5.72. The summed E-state index contributed by atoms with van der Waals surface area (Å²) in [4.78, 5) is 2.59. The molecule has 0 N–H and O–H groups in total. The predicted molar refractivity (Wildman–Crippen MR) is 101 cm³/mol. The van der Waals surface area contributed by atoms with Crippen LogP contribution in [0.3, 0.4) is 0 Å². The maximum Gasteiger partial charge on any atom is 0.0298 e. The molecule has 2 rings (SSSR count). The Bertz CT molecular complexity index is 509. The smallest absolute Gasteiger partial charge is 0.0298 e. The Kier molecular flexibility index (Phi) is 6.44. The number of piperidine rings is 1. The predicted octanol–water partition coefficient (Wildman–Crippen LogP) is 4.43. The van der Waals surface area contributed by atoms with Gasteiger partial charge in [-0.3, -0.25) is 9.11 Å². The molecule has 0 spiro atoms. The van der Waals surface area contributed by atoms with Crippen LogP contribution in [-0.4, -0.2) is 34.2 Å². The Morgan fingerprint density at radius 2 is 1.74 bits per heavy atom. The number of hydrogen-bond donors (Lipinski definition) is 0. The van der Waals surface area contributed by atoms with E-state index in [1.165, 1.54) is 37.1 Å². The lowest BCUT2D eigenvalue weighted by Gasteiger charge is -2.38. The van der Waals surface area contributed by atoms with Crippen LogP contribution >= 0.6 is 0 Å². The molecule has 23 heavy (non-hydrogen) atoms. The van der Waals surface area contributed by atoms with Gasteiger partial charge in [-0.25, -0.2) is 0 Å². The van der Waals surface area contributed by atoms with Gasteiger partial charge in [0.25, 0.3) is 0 Å². The molecule has 1 aliphatic rings. The Hall–Kier alpha value is -0.670. The van der Waals surface area contributed by atoms with E-state index in [4.69, 9.17) is 0 Å². The van der Waals surface area contributed by atoms with Crippen LogP contribution in [0.4, 0.5) is 0 Å². The van der Waals surface area contributed by atoms with Crippen molar-refractivity contribution < 1.29 is 4.21 Å². The summed E-state index contributed by atoms with van der Waals surface area (Å²) in [5, 5.41) is 0. The molecule has 0 bridgehead atoms. The topological polar surface area (TPSA) is 20.3 Å². The second kappa shape index (κ2) is 7.94. The van der Waals surface area contributed by atoms with E-state index in [9.17, 15) is 4.21 Å². The fraction of sp³-hybridized carbons (Fsp3) is 0.700. The minimum Gasteiger partial charge on any atom is -0.299 e. The third-order valence-corrected chi connectivity index (χ3v) is 6.22. The van der Waals surface area contributed by atoms with Gasteiger partial charge in [-0.2, -0.15) is 0 Å². The van der Waals surface area contributed by atoms with E-state index in [1.807, 2.05) is 0 Å². The maximum atomic E-state index is 11.4. The molecule has 0 amide bonds. The lowest BCUT2D eigenvalue weighted by Crippen LogP contribution is -2.37. The third-order valence-electron chi connectivity index (χ3n) is 5.25. The number of benzene rings is 1. The summed E-state index contributed by atoms with van der Waals surface area (Å²) in [6.07, 6.45) is 4.42. The second-order valence-corrected chi connectivity index (χ2v) is 9.78. The molecule has 2 nitrogen and oxygen atoms in total. The van der Waals surface area contributed by atoms with Gasteiger partial charge >= 0.3 is 0 Å². The SMILES string of the molecule is C[C@@H](CS(C)=O)c1ccc(CN2CCC(C(C)(C)C)CC2)cc1. The first kappa shape index (κ1) is 18.7. The monoisotopic (exact) mass is 335 g/mol. The minimum absolute atomic E-state index is 0.373. The zero-order chi connectivity index (χ0) is 17.0. The summed E-state index contributed by atoms with van der Waals surface area (Å²) in [6, 6.07) is 8.93. The van der Waals surface area contributed by atoms with Crippen molar-refractivity contribution >= 4 is 10.8 Å². The van der Waals surface area contributed by atoms with E-state index in [0.717, 1.165) is 18.2 Å². The van der Waals surface area contributed by atoms with Gasteiger partial charge in [0.05, 0.1) is 0 Å². The molecule has 0 saturated carbocycles. The van der Waals surface area contributed by atoms with Gasteiger partial charge in [0.15, 0.2) is 0 Å². The van der Waals surface area contributed by atoms with E-state index in [1.54, 1.807) is 6.26 Å². The molecule has 1 unspecified atom stereocenters. The van der Waals surface area contributed by atoms with Crippen LogP contribution in [0, 0.1) is 11.3 Å². The minimum atomic E-state index is -0.726. The van der Waals surface area contributed by atoms with Gasteiger partial charge in [0.2, 0.25) is 0 Å². The Labute approximate surface area is 145 Å². The van der Waals surface area contributed by atoms with Crippen LogP contribution in [-0.2, 0) is 17.3 Å². The van der Waals surface area contributed by atoms with Crippen molar-refractivity contribution in [1.82, 2.24) is 4.90 Å². The summed E-state index contributed by atoms with van der Waals surface area (Å²) < 4.78 is 11.4. The van der Waals surface area contributed by atoms with E-state index >= 15 is 0 Å². The number of nitrogens with zero attached hydrogens (tertiary/aromatic N) is 1. The largest absolute Gasteiger partial charge is 0.299 e. The number of rotatable bonds is 5. The molecular weight excluding hydrogens is 302 g/mol. The average Bonchev–Trinajstić information content (AvgIpc) is 2.47. The van der Waals surface area contributed by atoms with Crippen LogP contribution in [0.2, 0.25) is 0 Å². The average molecular weight is 336 g/mol. The Morgan fingerprint density at radius 3 is 2.22 bits per heavy atom. The summed E-state index contributed by atoms with van der Waals surface area (Å²) in [6.45, 7) is 12.8. The second-order valence-electron chi connectivity index (χ2n) is 8.30. The molecule has 0 radical (unpaired) electrons. The summed E-state index contributed by atoms with van der Waals surface area (Å²) in [7, 11) is -0.726. The molecule has 3 heteroatoms. The first-order chi connectivity index (χ1) is 10.8. The molecule has 130 valence electrons. The highest BCUT2D eigenvalue weighted by Gasteiger charge is 2.28. The fourth-order valence-electron chi connectivity index (χ4n) is 3.62. The summed E-state index contributed by atoms with van der Waals surface area (Å²) >= 11 is 0. The van der Waals surface area contributed by atoms with Crippen molar-refractivity contribution in [3.8, 4) is 0 Å². The fourth-order valence-corrected chi connectivity index (χ4v) is 4.51. The van der Waals surface area contributed by atoms with Crippen molar-refractivity contribution in [2.45, 2.75) is 53.0 Å². The van der Waals surface area contributed by atoms with Crippen LogP contribution in [0.1, 0.15) is 57.6 Å². The maximum absolute atomic E-state index is 11.4. The van der Waals surface area contributed by atoms with Crippen molar-refractivity contribution in [1.29, 1.82) is 0 Å². The molecule has 1 aromatic carbocycles. The molecule has 1 heterocycles. The highest BCUT2D eigenvalue weighted by Crippen LogP contribution is 2.34. The molecule has 1 fully saturated rings. The van der Waals surface area contributed by atoms with E-state index in [2.05, 4.69) is 56.9 Å². The summed E-state index contributed by atoms with van der Waals surface area (Å²) in [5.41, 5.74) is 3.15. The van der Waals surface area contributed by atoms with E-state index in [0.29, 0.717) is 11.3 Å². The van der Waals surface area contributed by atoms with Crippen molar-refractivity contribution in [2.24, 2.45) is 11.3 Å². The van der Waals surface area contributed by atoms with Crippen molar-refractivity contribution in [3.05, 3.63) is 35.4 Å². The Morgan fingerprint density at radius 1 is 1.17 bits per heavy atom. The van der Waals surface area contributed by atoms with Crippen LogP contribution in [0.25, 0.3) is 0 Å². The van der Waals surface area contributed by atoms with Gasteiger partial charge < -0.3 is 0 Å². The van der Waals surface area contributed by atoms with Crippen molar-refractivity contribution in [3.63, 3.8) is 0 Å². The molecule has 2 atom stereocenters. The van der Waals surface area contributed by atoms with E-state index in [-0.39, 0.29) is 0 Å². The Balaban J connectivity index is 1.86. The highest BCUT2D eigenvalue weighted by molar-refractivity contribution is 7.84. The zero-order valence-corrected chi connectivity index (χ0v) is 16.3. The van der Waals surface area contributed by atoms with Crippen LogP contribution in [0.5, 0.6) is 0 Å². The van der Waals surface area contributed by atoms with E-state index < -0.39 is 10.8 Å². The molecule has 0 aromatic heterocycles. The molecule has 1 aliphatic heterocycles. The highest BCUT2D eigenvalue weighted by atomic mass is 32.2. The first-order valence-corrected chi connectivity index (χ1v) is 10.6. The van der Waals surface area contributed by atoms with Crippen LogP contribution in [0.15, 0.2) is 24.3 Å². The van der Waals surface area contributed by atoms with Gasteiger partial charge in [-0.1, -0.05) is 52.0 Å². The van der Waals surface area contributed by atoms with Gasteiger partial charge in [0.1, 0.15) is 0 Å². The van der Waals surface area contributed by atoms with Gasteiger partial charge in [0, 0.05) is 29.4 Å². The van der Waals surface area contributed by atoms with Crippen molar-refractivity contribution in [2.75, 3.05) is 25.1 Å². The van der Waals surface area contributed by atoms with Crippen LogP contribution < -0.4 is 0 Å². The number of likely N-dealkylation sites (tertiary alicyclic amines) is 1. The quantitative estimate of drug-likeness (QED) is 0.793. The molecule has 0 aliphatic carbocycles. The first-order valence-electron chi connectivity index (χ1n) is 8.87.